The van der Waals surface area contributed by atoms with E-state index in [1.807, 2.05) is 39.8 Å². The Balaban J connectivity index is 0.000000614. The van der Waals surface area contributed by atoms with Gasteiger partial charge in [0.1, 0.15) is 11.5 Å². The topological polar surface area (TPSA) is 40.5 Å². The van der Waals surface area contributed by atoms with Gasteiger partial charge in [-0.1, -0.05) is 67.5 Å². The summed E-state index contributed by atoms with van der Waals surface area (Å²) in [6.45, 7) is 17.1. The average molecular weight is 369 g/mol. The fraction of sp³-hybridized carbons (Fsp3) is 0.520. The third kappa shape index (κ3) is 3.24. The minimum atomic E-state index is -0.116. The van der Waals surface area contributed by atoms with E-state index >= 15 is 0 Å². The Kier molecular flexibility index (Phi) is 5.71. The quantitative estimate of drug-likeness (QED) is 0.537. The van der Waals surface area contributed by atoms with Crippen molar-refractivity contribution >= 4 is 0 Å². The maximum Gasteiger partial charge on any atom is 0.115 e. The lowest BCUT2D eigenvalue weighted by Crippen LogP contribution is -2.26. The smallest absolute Gasteiger partial charge is 0.115 e. The Morgan fingerprint density at radius 1 is 0.593 bits per heavy atom. The summed E-state index contributed by atoms with van der Waals surface area (Å²) in [5, 5.41) is 20.2. The third-order valence-corrected chi connectivity index (χ3v) is 5.98. The molecular weight excluding hydrogens is 332 g/mol. The van der Waals surface area contributed by atoms with Gasteiger partial charge in [-0.15, -0.1) is 0 Å². The van der Waals surface area contributed by atoms with Gasteiger partial charge in [-0.05, 0) is 70.2 Å². The van der Waals surface area contributed by atoms with E-state index in [9.17, 15) is 10.2 Å². The second-order valence-electron chi connectivity index (χ2n) is 8.66. The van der Waals surface area contributed by atoms with Crippen LogP contribution in [0.2, 0.25) is 0 Å². The van der Waals surface area contributed by atoms with Gasteiger partial charge in [0, 0.05) is 5.41 Å². The van der Waals surface area contributed by atoms with Gasteiger partial charge in [-0.3, -0.25) is 0 Å². The molecule has 27 heavy (non-hydrogen) atoms. The molecule has 4 rings (SSSR count). The standard InChI is InChI=1S/C21H24O2.2C2H6/c1-19(2)11-21(17-9-13(22)5-7-15(17)19)12-20(3,4)16-8-6-14(23)10-18(16)21;2*1-2/h5-10,22-23H,11-12H2,1-4H3;2*1-2H3. The number of phenols is 2. The first-order valence-corrected chi connectivity index (χ1v) is 10.3. The van der Waals surface area contributed by atoms with Crippen LogP contribution in [0.4, 0.5) is 0 Å². The van der Waals surface area contributed by atoms with Crippen LogP contribution in [0.15, 0.2) is 36.4 Å². The van der Waals surface area contributed by atoms with Crippen LogP contribution in [-0.4, -0.2) is 10.2 Å². The van der Waals surface area contributed by atoms with E-state index in [0.717, 1.165) is 12.8 Å². The van der Waals surface area contributed by atoms with Gasteiger partial charge in [-0.25, -0.2) is 0 Å². The van der Waals surface area contributed by atoms with Crippen LogP contribution in [0.1, 0.15) is 90.5 Å². The molecule has 0 aliphatic heterocycles. The Morgan fingerprint density at radius 2 is 0.926 bits per heavy atom. The molecule has 148 valence electrons. The highest BCUT2D eigenvalue weighted by Crippen LogP contribution is 2.63. The zero-order valence-electron chi connectivity index (χ0n) is 18.3. The molecule has 0 atom stereocenters. The molecule has 0 fully saturated rings. The summed E-state index contributed by atoms with van der Waals surface area (Å²) in [7, 11) is 0. The molecule has 0 saturated carbocycles. The summed E-state index contributed by atoms with van der Waals surface area (Å²) in [5.74, 6) is 0.652. The molecule has 0 heterocycles. The van der Waals surface area contributed by atoms with Crippen LogP contribution < -0.4 is 0 Å². The highest BCUT2D eigenvalue weighted by atomic mass is 16.3. The van der Waals surface area contributed by atoms with Crippen LogP contribution in [0.5, 0.6) is 11.5 Å². The maximum atomic E-state index is 10.1. The number of phenolic OH excluding ortho intramolecular Hbond substituents is 2. The molecule has 2 aromatic rings. The van der Waals surface area contributed by atoms with Crippen molar-refractivity contribution in [2.45, 2.75) is 84.5 Å². The fourth-order valence-electron chi connectivity index (χ4n) is 5.32. The molecule has 2 aliphatic rings. The number of hydrogen-bond acceptors (Lipinski definition) is 2. The van der Waals surface area contributed by atoms with Gasteiger partial charge in [-0.2, -0.15) is 0 Å². The van der Waals surface area contributed by atoms with Crippen LogP contribution in [0.25, 0.3) is 0 Å². The van der Waals surface area contributed by atoms with Gasteiger partial charge < -0.3 is 10.2 Å². The van der Waals surface area contributed by atoms with Crippen LogP contribution in [-0.2, 0) is 16.2 Å². The van der Waals surface area contributed by atoms with Gasteiger partial charge in [0.15, 0.2) is 0 Å². The molecule has 2 N–H and O–H groups in total. The van der Waals surface area contributed by atoms with Crippen molar-refractivity contribution in [2.75, 3.05) is 0 Å². The third-order valence-electron chi connectivity index (χ3n) is 5.98. The molecule has 2 aliphatic carbocycles. The van der Waals surface area contributed by atoms with Crippen LogP contribution >= 0.6 is 0 Å². The largest absolute Gasteiger partial charge is 0.508 e. The van der Waals surface area contributed by atoms with Crippen molar-refractivity contribution in [1.29, 1.82) is 0 Å². The maximum absolute atomic E-state index is 10.1. The molecule has 0 aromatic heterocycles. The van der Waals surface area contributed by atoms with E-state index in [0.29, 0.717) is 11.5 Å². The Bertz CT molecular complexity index is 746. The second kappa shape index (κ2) is 7.22. The minimum absolute atomic E-state index is 0.0617. The second-order valence-corrected chi connectivity index (χ2v) is 8.66. The Hall–Kier alpha value is -1.96. The molecule has 1 spiro atoms. The predicted molar refractivity (Wildman–Crippen MR) is 115 cm³/mol. The number of benzene rings is 2. The summed E-state index contributed by atoms with van der Waals surface area (Å²) < 4.78 is 0. The van der Waals surface area contributed by atoms with Crippen molar-refractivity contribution < 1.29 is 10.2 Å². The van der Waals surface area contributed by atoms with Crippen molar-refractivity contribution in [1.82, 2.24) is 0 Å². The van der Waals surface area contributed by atoms with Gasteiger partial charge in [0.05, 0.1) is 0 Å². The van der Waals surface area contributed by atoms with Crippen molar-refractivity contribution in [3.8, 4) is 11.5 Å². The highest BCUT2D eigenvalue weighted by Gasteiger charge is 2.56. The molecular formula is C25H36O2. The van der Waals surface area contributed by atoms with E-state index < -0.39 is 0 Å². The zero-order chi connectivity index (χ0) is 20.6. The minimum Gasteiger partial charge on any atom is -0.508 e. The van der Waals surface area contributed by atoms with Gasteiger partial charge >= 0.3 is 0 Å². The summed E-state index contributed by atoms with van der Waals surface area (Å²) in [6.07, 6.45) is 2.03. The van der Waals surface area contributed by atoms with Crippen molar-refractivity contribution in [3.05, 3.63) is 58.7 Å². The first-order chi connectivity index (χ1) is 12.7. The van der Waals surface area contributed by atoms with Crippen LogP contribution in [0.3, 0.4) is 0 Å². The zero-order valence-corrected chi connectivity index (χ0v) is 18.3. The molecule has 0 bridgehead atoms. The number of aromatic hydroxyl groups is 2. The van der Waals surface area contributed by atoms with E-state index in [1.54, 1.807) is 12.1 Å². The van der Waals surface area contributed by atoms with Crippen LogP contribution in [0, 0.1) is 0 Å². The Morgan fingerprint density at radius 3 is 1.26 bits per heavy atom. The normalized spacial score (nSPS) is 19.3. The lowest BCUT2D eigenvalue weighted by atomic mass is 9.72. The molecule has 0 unspecified atom stereocenters. The monoisotopic (exact) mass is 368 g/mol. The number of rotatable bonds is 0. The molecule has 0 saturated heterocycles. The highest BCUT2D eigenvalue weighted by molar-refractivity contribution is 5.61. The first-order valence-electron chi connectivity index (χ1n) is 10.3. The lowest BCUT2D eigenvalue weighted by molar-refractivity contribution is 0.348. The SMILES string of the molecule is CC.CC.CC1(C)CC2(CC(C)(C)c3ccc(O)cc32)c2cc(O)ccc21. The lowest BCUT2D eigenvalue weighted by Gasteiger charge is -2.30. The van der Waals surface area contributed by atoms with Gasteiger partial charge in [0.25, 0.3) is 0 Å². The number of hydrogen-bond donors (Lipinski definition) is 2. The molecule has 2 nitrogen and oxygen atoms in total. The summed E-state index contributed by atoms with van der Waals surface area (Å²) in [5.41, 5.74) is 5.12. The predicted octanol–water partition coefficient (Wildman–Crippen LogP) is 6.80. The van der Waals surface area contributed by atoms with E-state index in [2.05, 4.69) is 39.8 Å². The van der Waals surface area contributed by atoms with E-state index in [1.165, 1.54) is 22.3 Å². The number of fused-ring (bicyclic) bond motifs is 4. The fourth-order valence-corrected chi connectivity index (χ4v) is 5.32. The van der Waals surface area contributed by atoms with Crippen molar-refractivity contribution in [2.24, 2.45) is 0 Å². The average Bonchev–Trinajstić information content (AvgIpc) is 2.98. The Labute approximate surface area is 165 Å². The molecule has 0 amide bonds. The van der Waals surface area contributed by atoms with Crippen molar-refractivity contribution in [3.63, 3.8) is 0 Å². The van der Waals surface area contributed by atoms with Gasteiger partial charge in [0.2, 0.25) is 0 Å². The van der Waals surface area contributed by atoms with E-state index in [4.69, 9.17) is 0 Å². The molecule has 2 aromatic carbocycles. The van der Waals surface area contributed by atoms with E-state index in [-0.39, 0.29) is 16.2 Å². The summed E-state index contributed by atoms with van der Waals surface area (Å²) in [4.78, 5) is 0. The summed E-state index contributed by atoms with van der Waals surface area (Å²) >= 11 is 0. The molecule has 0 radical (unpaired) electrons. The summed E-state index contributed by atoms with van der Waals surface area (Å²) in [6, 6.07) is 11.6. The molecule has 2 heteroatoms. The first kappa shape index (κ1) is 21.3.